The van der Waals surface area contributed by atoms with E-state index in [9.17, 15) is 4.79 Å². The van der Waals surface area contributed by atoms with Crippen LogP contribution in [-0.4, -0.2) is 33.8 Å². The largest absolute Gasteiger partial charge is 0.480 e. The summed E-state index contributed by atoms with van der Waals surface area (Å²) in [6, 6.07) is 5.39. The number of hydrogen-bond acceptors (Lipinski definition) is 5. The predicted molar refractivity (Wildman–Crippen MR) is 62.7 cm³/mol. The Morgan fingerprint density at radius 3 is 2.69 bits per heavy atom. The van der Waals surface area contributed by atoms with Crippen molar-refractivity contribution in [2.45, 2.75) is 0 Å². The molecule has 0 aliphatic rings. The maximum Gasteiger partial charge on any atom is 0.343 e. The summed E-state index contributed by atoms with van der Waals surface area (Å²) in [4.78, 5) is 12.8. The number of esters is 1. The van der Waals surface area contributed by atoms with E-state index in [1.54, 1.807) is 12.1 Å². The molecule has 16 heavy (non-hydrogen) atoms. The zero-order valence-electron chi connectivity index (χ0n) is 9.69. The van der Waals surface area contributed by atoms with Gasteiger partial charge in [0.2, 0.25) is 0 Å². The van der Waals surface area contributed by atoms with Gasteiger partial charge in [-0.3, -0.25) is 0 Å². The summed E-state index contributed by atoms with van der Waals surface area (Å²) in [7, 11) is 5.14. The van der Waals surface area contributed by atoms with Crippen molar-refractivity contribution in [3.63, 3.8) is 0 Å². The van der Waals surface area contributed by atoms with E-state index >= 15 is 0 Å². The SMILES string of the molecule is COC(=O)COc1cc(N(C)C)ccc1N. The third-order valence-corrected chi connectivity index (χ3v) is 2.09. The van der Waals surface area contributed by atoms with E-state index in [1.165, 1.54) is 7.11 Å². The number of hydrogen-bond donors (Lipinski definition) is 1. The van der Waals surface area contributed by atoms with Crippen molar-refractivity contribution in [3.8, 4) is 5.75 Å². The molecule has 5 nitrogen and oxygen atoms in total. The number of nitrogens with zero attached hydrogens (tertiary/aromatic N) is 1. The minimum absolute atomic E-state index is 0.141. The topological polar surface area (TPSA) is 64.8 Å². The van der Waals surface area contributed by atoms with E-state index in [0.717, 1.165) is 5.69 Å². The van der Waals surface area contributed by atoms with Crippen LogP contribution in [0.15, 0.2) is 18.2 Å². The average molecular weight is 224 g/mol. The summed E-state index contributed by atoms with van der Waals surface area (Å²) >= 11 is 0. The van der Waals surface area contributed by atoms with Gasteiger partial charge in [-0.25, -0.2) is 4.79 Å². The summed E-state index contributed by atoms with van der Waals surface area (Å²) in [6.45, 7) is -0.141. The Labute approximate surface area is 94.7 Å². The Morgan fingerprint density at radius 2 is 2.12 bits per heavy atom. The average Bonchev–Trinajstić information content (AvgIpc) is 2.27. The number of rotatable bonds is 4. The smallest absolute Gasteiger partial charge is 0.343 e. The molecule has 0 radical (unpaired) electrons. The number of anilines is 2. The van der Waals surface area contributed by atoms with E-state index in [4.69, 9.17) is 10.5 Å². The van der Waals surface area contributed by atoms with Crippen molar-refractivity contribution in [2.24, 2.45) is 0 Å². The summed E-state index contributed by atoms with van der Waals surface area (Å²) < 4.78 is 9.73. The molecule has 0 saturated heterocycles. The second-order valence-corrected chi connectivity index (χ2v) is 3.48. The maximum atomic E-state index is 10.9. The molecule has 88 valence electrons. The number of nitrogens with two attached hydrogens (primary N) is 1. The zero-order chi connectivity index (χ0) is 12.1. The molecule has 0 unspecified atom stereocenters. The van der Waals surface area contributed by atoms with Crippen LogP contribution >= 0.6 is 0 Å². The first kappa shape index (κ1) is 12.2. The van der Waals surface area contributed by atoms with Crippen LogP contribution in [0.5, 0.6) is 5.75 Å². The standard InChI is InChI=1S/C11H16N2O3/c1-13(2)8-4-5-9(12)10(6-8)16-7-11(14)15-3/h4-6H,7,12H2,1-3H3. The Balaban J connectivity index is 2.78. The first-order chi connectivity index (χ1) is 7.54. The first-order valence-corrected chi connectivity index (χ1v) is 4.81. The van der Waals surface area contributed by atoms with Crippen LogP contribution in [0, 0.1) is 0 Å². The molecule has 0 amide bonds. The van der Waals surface area contributed by atoms with Gasteiger partial charge >= 0.3 is 5.97 Å². The Morgan fingerprint density at radius 1 is 1.44 bits per heavy atom. The van der Waals surface area contributed by atoms with Crippen molar-refractivity contribution in [1.82, 2.24) is 0 Å². The van der Waals surface area contributed by atoms with Crippen LogP contribution in [0.4, 0.5) is 11.4 Å². The predicted octanol–water partition coefficient (Wildman–Crippen LogP) is 0.887. The number of carbonyl (C=O) groups excluding carboxylic acids is 1. The van der Waals surface area contributed by atoms with Crippen molar-refractivity contribution < 1.29 is 14.3 Å². The monoisotopic (exact) mass is 224 g/mol. The number of methoxy groups -OCH3 is 1. The van der Waals surface area contributed by atoms with E-state index in [-0.39, 0.29) is 6.61 Å². The summed E-state index contributed by atoms with van der Waals surface area (Å²) in [5, 5.41) is 0. The van der Waals surface area contributed by atoms with Gasteiger partial charge in [-0.1, -0.05) is 0 Å². The van der Waals surface area contributed by atoms with Crippen molar-refractivity contribution >= 4 is 17.3 Å². The van der Waals surface area contributed by atoms with E-state index < -0.39 is 5.97 Å². The van der Waals surface area contributed by atoms with Crippen molar-refractivity contribution in [1.29, 1.82) is 0 Å². The molecule has 0 atom stereocenters. The van der Waals surface area contributed by atoms with Crippen LogP contribution in [0.25, 0.3) is 0 Å². The van der Waals surface area contributed by atoms with Crippen LogP contribution in [0.1, 0.15) is 0 Å². The molecular formula is C11H16N2O3. The summed E-state index contributed by atoms with van der Waals surface area (Å²) in [5.41, 5.74) is 7.17. The van der Waals surface area contributed by atoms with Gasteiger partial charge in [0.25, 0.3) is 0 Å². The normalized spacial score (nSPS) is 9.69. The van der Waals surface area contributed by atoms with Crippen LogP contribution in [0.2, 0.25) is 0 Å². The lowest BCUT2D eigenvalue weighted by atomic mass is 10.2. The molecule has 0 saturated carbocycles. The summed E-state index contributed by atoms with van der Waals surface area (Å²) in [6.07, 6.45) is 0. The molecule has 0 aromatic heterocycles. The quantitative estimate of drug-likeness (QED) is 0.607. The molecule has 0 spiro atoms. The Hall–Kier alpha value is -1.91. The number of ether oxygens (including phenoxy) is 2. The fourth-order valence-corrected chi connectivity index (χ4v) is 1.12. The minimum atomic E-state index is -0.436. The van der Waals surface area contributed by atoms with E-state index in [2.05, 4.69) is 4.74 Å². The maximum absolute atomic E-state index is 10.9. The lowest BCUT2D eigenvalue weighted by Crippen LogP contribution is -2.14. The van der Waals surface area contributed by atoms with Gasteiger partial charge in [-0.05, 0) is 12.1 Å². The molecule has 0 aliphatic carbocycles. The lowest BCUT2D eigenvalue weighted by Gasteiger charge is -2.15. The lowest BCUT2D eigenvalue weighted by molar-refractivity contribution is -0.142. The highest BCUT2D eigenvalue weighted by Crippen LogP contribution is 2.26. The molecule has 0 aliphatic heterocycles. The number of benzene rings is 1. The second-order valence-electron chi connectivity index (χ2n) is 3.48. The van der Waals surface area contributed by atoms with Gasteiger partial charge in [0.05, 0.1) is 12.8 Å². The molecule has 0 bridgehead atoms. The highest BCUT2D eigenvalue weighted by atomic mass is 16.6. The molecular weight excluding hydrogens is 208 g/mol. The minimum Gasteiger partial charge on any atom is -0.480 e. The summed E-state index contributed by atoms with van der Waals surface area (Å²) in [5.74, 6) is 0.0475. The molecule has 5 heteroatoms. The third-order valence-electron chi connectivity index (χ3n) is 2.09. The van der Waals surface area contributed by atoms with Crippen LogP contribution in [0.3, 0.4) is 0 Å². The van der Waals surface area contributed by atoms with E-state index in [0.29, 0.717) is 11.4 Å². The van der Waals surface area contributed by atoms with Gasteiger partial charge in [-0.2, -0.15) is 0 Å². The molecule has 1 aromatic rings. The molecule has 2 N–H and O–H groups in total. The Kier molecular flexibility index (Phi) is 3.99. The first-order valence-electron chi connectivity index (χ1n) is 4.81. The van der Waals surface area contributed by atoms with Gasteiger partial charge in [0.15, 0.2) is 6.61 Å². The third kappa shape index (κ3) is 3.05. The molecule has 1 rings (SSSR count). The molecule has 0 heterocycles. The molecule has 1 aromatic carbocycles. The van der Waals surface area contributed by atoms with E-state index in [1.807, 2.05) is 25.1 Å². The van der Waals surface area contributed by atoms with Crippen LogP contribution in [-0.2, 0) is 9.53 Å². The highest BCUT2D eigenvalue weighted by Gasteiger charge is 2.06. The fraction of sp³-hybridized carbons (Fsp3) is 0.364. The second kappa shape index (κ2) is 5.25. The van der Waals surface area contributed by atoms with Crippen molar-refractivity contribution in [2.75, 3.05) is 38.4 Å². The van der Waals surface area contributed by atoms with Gasteiger partial charge in [-0.15, -0.1) is 0 Å². The van der Waals surface area contributed by atoms with Gasteiger partial charge < -0.3 is 20.1 Å². The van der Waals surface area contributed by atoms with Crippen molar-refractivity contribution in [3.05, 3.63) is 18.2 Å². The fourth-order valence-electron chi connectivity index (χ4n) is 1.12. The van der Waals surface area contributed by atoms with Crippen LogP contribution < -0.4 is 15.4 Å². The number of nitrogen functional groups attached to an aromatic ring is 1. The van der Waals surface area contributed by atoms with Gasteiger partial charge in [0, 0.05) is 25.8 Å². The van der Waals surface area contributed by atoms with Gasteiger partial charge in [0.1, 0.15) is 5.75 Å². The zero-order valence-corrected chi connectivity index (χ0v) is 9.69. The highest BCUT2D eigenvalue weighted by molar-refractivity contribution is 5.71. The Bertz CT molecular complexity index is 377. The molecule has 0 fully saturated rings. The number of carbonyl (C=O) groups is 1.